The van der Waals surface area contributed by atoms with E-state index in [1.165, 1.54) is 0 Å². The van der Waals surface area contributed by atoms with Gasteiger partial charge in [0, 0.05) is 38.2 Å². The van der Waals surface area contributed by atoms with Crippen molar-refractivity contribution in [1.29, 1.82) is 0 Å². The van der Waals surface area contributed by atoms with Crippen molar-refractivity contribution in [2.45, 2.75) is 39.3 Å². The second-order valence-corrected chi connectivity index (χ2v) is 9.97. The van der Waals surface area contributed by atoms with Crippen molar-refractivity contribution in [2.75, 3.05) is 52.6 Å². The first-order valence-corrected chi connectivity index (χ1v) is 13.7. The Bertz CT molecular complexity index is 1270. The van der Waals surface area contributed by atoms with Gasteiger partial charge >= 0.3 is 0 Å². The number of benzene rings is 2. The van der Waals surface area contributed by atoms with Gasteiger partial charge in [0.2, 0.25) is 0 Å². The number of ether oxygens (including phenoxy) is 4. The Morgan fingerprint density at radius 1 is 1.00 bits per heavy atom. The molecule has 0 unspecified atom stereocenters. The molecule has 0 aromatic heterocycles. The van der Waals surface area contributed by atoms with Crippen LogP contribution in [0.5, 0.6) is 17.2 Å². The zero-order chi connectivity index (χ0) is 27.5. The van der Waals surface area contributed by atoms with Crippen LogP contribution in [-0.4, -0.2) is 85.3 Å². The molecule has 5 rings (SSSR count). The van der Waals surface area contributed by atoms with E-state index >= 15 is 0 Å². The molecular formula is C30H36N2O7. The molecule has 9 heteroatoms. The molecule has 2 atom stereocenters. The Hall–Kier alpha value is -3.56. The predicted molar refractivity (Wildman–Crippen MR) is 145 cm³/mol. The molecule has 0 saturated carbocycles. The first kappa shape index (κ1) is 27.0. The summed E-state index contributed by atoms with van der Waals surface area (Å²) in [6, 6.07) is 10.0. The van der Waals surface area contributed by atoms with Crippen LogP contribution in [0.3, 0.4) is 0 Å². The first-order valence-electron chi connectivity index (χ1n) is 13.7. The number of hydrogen-bond donors (Lipinski definition) is 1. The van der Waals surface area contributed by atoms with Crippen LogP contribution in [0.15, 0.2) is 42.0 Å². The minimum atomic E-state index is -0.774. The third-order valence-electron chi connectivity index (χ3n) is 7.35. The smallest absolute Gasteiger partial charge is 0.295 e. The summed E-state index contributed by atoms with van der Waals surface area (Å²) in [5.74, 6) is 0.368. The zero-order valence-corrected chi connectivity index (χ0v) is 22.8. The van der Waals surface area contributed by atoms with Gasteiger partial charge in [-0.15, -0.1) is 0 Å². The molecule has 0 aliphatic carbocycles. The molecule has 2 saturated heterocycles. The Balaban J connectivity index is 1.57. The maximum atomic E-state index is 13.5. The van der Waals surface area contributed by atoms with E-state index in [1.807, 2.05) is 39.0 Å². The van der Waals surface area contributed by atoms with Crippen LogP contribution >= 0.6 is 0 Å². The lowest BCUT2D eigenvalue weighted by Gasteiger charge is -2.31. The number of amides is 1. The zero-order valence-electron chi connectivity index (χ0n) is 22.8. The van der Waals surface area contributed by atoms with Gasteiger partial charge in [-0.25, -0.2) is 0 Å². The van der Waals surface area contributed by atoms with E-state index in [9.17, 15) is 14.7 Å². The highest BCUT2D eigenvalue weighted by Crippen LogP contribution is 2.42. The molecule has 3 heterocycles. The van der Waals surface area contributed by atoms with E-state index in [0.717, 1.165) is 24.4 Å². The van der Waals surface area contributed by atoms with E-state index in [0.29, 0.717) is 68.6 Å². The second kappa shape index (κ2) is 11.7. The summed E-state index contributed by atoms with van der Waals surface area (Å²) < 4.78 is 22.8. The maximum absolute atomic E-state index is 13.5. The molecule has 0 radical (unpaired) electrons. The molecule has 1 amide bonds. The number of nitrogens with zero attached hydrogens (tertiary/aromatic N) is 2. The Kier molecular flexibility index (Phi) is 8.09. The summed E-state index contributed by atoms with van der Waals surface area (Å²) >= 11 is 0. The normalized spacial score (nSPS) is 22.6. The van der Waals surface area contributed by atoms with E-state index in [4.69, 9.17) is 18.9 Å². The fourth-order valence-corrected chi connectivity index (χ4v) is 5.49. The van der Waals surface area contributed by atoms with Crippen molar-refractivity contribution in [3.63, 3.8) is 0 Å². The fraction of sp³-hybridized carbons (Fsp3) is 0.467. The van der Waals surface area contributed by atoms with Crippen LogP contribution in [0.4, 0.5) is 0 Å². The summed E-state index contributed by atoms with van der Waals surface area (Å²) in [5.41, 5.74) is 2.19. The SMILES string of the molecule is CCOc1ccc([C@@H]2/C(=C(\O)c3ccc4c(c3)C[C@@H](C)O4)C(=O)C(=O)N2CCN2CCOCC2)cc1OCC. The molecule has 0 bridgehead atoms. The van der Waals surface area contributed by atoms with Crippen LogP contribution < -0.4 is 14.2 Å². The van der Waals surface area contributed by atoms with Gasteiger partial charge in [-0.05, 0) is 62.2 Å². The summed E-state index contributed by atoms with van der Waals surface area (Å²) in [7, 11) is 0. The van der Waals surface area contributed by atoms with Crippen molar-refractivity contribution in [1.82, 2.24) is 9.80 Å². The molecular weight excluding hydrogens is 500 g/mol. The molecule has 3 aliphatic rings. The Morgan fingerprint density at radius 2 is 1.74 bits per heavy atom. The highest BCUT2D eigenvalue weighted by Gasteiger charge is 2.46. The van der Waals surface area contributed by atoms with Crippen LogP contribution in [0.2, 0.25) is 0 Å². The largest absolute Gasteiger partial charge is 0.507 e. The van der Waals surface area contributed by atoms with Crippen LogP contribution in [-0.2, 0) is 20.7 Å². The molecule has 2 aromatic rings. The van der Waals surface area contributed by atoms with Gasteiger partial charge in [0.15, 0.2) is 11.5 Å². The van der Waals surface area contributed by atoms with Crippen molar-refractivity contribution in [3.8, 4) is 17.2 Å². The minimum Gasteiger partial charge on any atom is -0.507 e. The summed E-state index contributed by atoms with van der Waals surface area (Å²) in [6.45, 7) is 10.4. The Morgan fingerprint density at radius 3 is 2.49 bits per heavy atom. The van der Waals surface area contributed by atoms with E-state index < -0.39 is 17.7 Å². The number of aliphatic hydroxyl groups is 1. The van der Waals surface area contributed by atoms with Crippen molar-refractivity contribution in [2.24, 2.45) is 0 Å². The van der Waals surface area contributed by atoms with Gasteiger partial charge in [0.25, 0.3) is 11.7 Å². The number of rotatable bonds is 9. The second-order valence-electron chi connectivity index (χ2n) is 9.97. The van der Waals surface area contributed by atoms with Crippen molar-refractivity contribution in [3.05, 3.63) is 58.7 Å². The van der Waals surface area contributed by atoms with Gasteiger partial charge in [-0.3, -0.25) is 14.5 Å². The highest BCUT2D eigenvalue weighted by atomic mass is 16.5. The minimum absolute atomic E-state index is 0.0454. The fourth-order valence-electron chi connectivity index (χ4n) is 5.49. The van der Waals surface area contributed by atoms with Crippen molar-refractivity contribution >= 4 is 17.4 Å². The van der Waals surface area contributed by atoms with E-state index in [1.54, 1.807) is 23.1 Å². The third-order valence-corrected chi connectivity index (χ3v) is 7.35. The Labute approximate surface area is 228 Å². The van der Waals surface area contributed by atoms with Gasteiger partial charge in [-0.1, -0.05) is 6.07 Å². The van der Waals surface area contributed by atoms with Gasteiger partial charge in [0.1, 0.15) is 17.6 Å². The van der Waals surface area contributed by atoms with Gasteiger partial charge in [-0.2, -0.15) is 0 Å². The lowest BCUT2D eigenvalue weighted by molar-refractivity contribution is -0.140. The maximum Gasteiger partial charge on any atom is 0.295 e. The number of ketones is 1. The molecule has 39 heavy (non-hydrogen) atoms. The molecule has 9 nitrogen and oxygen atoms in total. The molecule has 208 valence electrons. The number of Topliss-reactive ketones (excluding diaryl/α,β-unsaturated/α-hetero) is 1. The standard InChI is InChI=1S/C30H36N2O7/c1-4-37-24-9-6-20(18-25(24)38-5-2)27-26(28(33)21-7-8-23-22(17-21)16-19(3)39-23)29(34)30(35)32(27)11-10-31-12-14-36-15-13-31/h6-9,17-19,27,33H,4-5,10-16H2,1-3H3/b28-26+/t19-,27-/m1/s1. The van der Waals surface area contributed by atoms with Gasteiger partial charge < -0.3 is 29.0 Å². The summed E-state index contributed by atoms with van der Waals surface area (Å²) in [5, 5.41) is 11.5. The highest BCUT2D eigenvalue weighted by molar-refractivity contribution is 6.46. The monoisotopic (exact) mass is 536 g/mol. The molecule has 2 fully saturated rings. The number of carbonyl (C=O) groups excluding carboxylic acids is 2. The predicted octanol–water partition coefficient (Wildman–Crippen LogP) is 3.56. The topological polar surface area (TPSA) is 97.8 Å². The van der Waals surface area contributed by atoms with Crippen LogP contribution in [0, 0.1) is 0 Å². The number of morpholine rings is 1. The summed E-state index contributed by atoms with van der Waals surface area (Å²) in [6.07, 6.45) is 0.758. The number of hydrogen-bond acceptors (Lipinski definition) is 8. The molecule has 2 aromatic carbocycles. The van der Waals surface area contributed by atoms with E-state index in [-0.39, 0.29) is 17.4 Å². The quantitative estimate of drug-likeness (QED) is 0.295. The number of carbonyl (C=O) groups is 2. The average molecular weight is 537 g/mol. The first-order chi connectivity index (χ1) is 18.9. The lowest BCUT2D eigenvalue weighted by Crippen LogP contribution is -2.42. The average Bonchev–Trinajstić information content (AvgIpc) is 3.44. The van der Waals surface area contributed by atoms with Crippen LogP contribution in [0.1, 0.15) is 43.5 Å². The molecule has 1 N–H and O–H groups in total. The summed E-state index contributed by atoms with van der Waals surface area (Å²) in [4.78, 5) is 30.7. The number of likely N-dealkylation sites (tertiary alicyclic amines) is 1. The molecule has 0 spiro atoms. The third kappa shape index (κ3) is 5.46. The van der Waals surface area contributed by atoms with E-state index in [2.05, 4.69) is 4.90 Å². The number of fused-ring (bicyclic) bond motifs is 1. The lowest BCUT2D eigenvalue weighted by atomic mass is 9.94. The van der Waals surface area contributed by atoms with Gasteiger partial charge in [0.05, 0.1) is 38.0 Å². The number of aliphatic hydroxyl groups excluding tert-OH is 1. The van der Waals surface area contributed by atoms with Crippen molar-refractivity contribution < 1.29 is 33.6 Å². The molecule has 3 aliphatic heterocycles. The van der Waals surface area contributed by atoms with Crippen LogP contribution in [0.25, 0.3) is 5.76 Å².